The highest BCUT2D eigenvalue weighted by molar-refractivity contribution is 7.99. The van der Waals surface area contributed by atoms with E-state index in [1.54, 1.807) is 36.7 Å². The molecule has 5 nitrogen and oxygen atoms in total. The summed E-state index contributed by atoms with van der Waals surface area (Å²) < 4.78 is 1.48. The van der Waals surface area contributed by atoms with Gasteiger partial charge in [-0.1, -0.05) is 29.4 Å². The SMILES string of the molecule is Cc1ccc(NC(=O)CSc2nccn(-c3ccc(Cl)cc3)c2=O)cc1C. The van der Waals surface area contributed by atoms with Crippen LogP contribution in [0.25, 0.3) is 5.69 Å². The molecule has 27 heavy (non-hydrogen) atoms. The van der Waals surface area contributed by atoms with Gasteiger partial charge in [-0.2, -0.15) is 0 Å². The van der Waals surface area contributed by atoms with Crippen molar-refractivity contribution < 1.29 is 4.79 Å². The van der Waals surface area contributed by atoms with Gasteiger partial charge in [0.05, 0.1) is 5.75 Å². The number of anilines is 1. The quantitative estimate of drug-likeness (QED) is 0.652. The molecule has 2 aromatic carbocycles. The molecule has 1 aromatic heterocycles. The number of hydrogen-bond donors (Lipinski definition) is 1. The number of halogens is 1. The molecule has 138 valence electrons. The molecule has 0 bridgehead atoms. The maximum Gasteiger partial charge on any atom is 0.287 e. The van der Waals surface area contributed by atoms with E-state index in [4.69, 9.17) is 11.6 Å². The van der Waals surface area contributed by atoms with Crippen molar-refractivity contribution in [2.45, 2.75) is 18.9 Å². The minimum absolute atomic E-state index is 0.0970. The van der Waals surface area contributed by atoms with Crippen molar-refractivity contribution in [2.75, 3.05) is 11.1 Å². The first kappa shape index (κ1) is 19.2. The molecular formula is C20H18ClN3O2S. The molecular weight excluding hydrogens is 382 g/mol. The summed E-state index contributed by atoms with van der Waals surface area (Å²) in [6, 6.07) is 12.7. The summed E-state index contributed by atoms with van der Waals surface area (Å²) >= 11 is 7.00. The zero-order chi connectivity index (χ0) is 19.4. The van der Waals surface area contributed by atoms with E-state index >= 15 is 0 Å². The highest BCUT2D eigenvalue weighted by Crippen LogP contribution is 2.17. The Bertz CT molecular complexity index is 1030. The number of benzene rings is 2. The topological polar surface area (TPSA) is 64.0 Å². The summed E-state index contributed by atoms with van der Waals surface area (Å²) in [5.74, 6) is -0.0915. The third-order valence-electron chi connectivity index (χ3n) is 4.04. The summed E-state index contributed by atoms with van der Waals surface area (Å²) in [6.45, 7) is 4.01. The van der Waals surface area contributed by atoms with Crippen LogP contribution in [0.1, 0.15) is 11.1 Å². The monoisotopic (exact) mass is 399 g/mol. The molecule has 3 aromatic rings. The molecule has 0 radical (unpaired) electrons. The van der Waals surface area contributed by atoms with Crippen LogP contribution in [0.3, 0.4) is 0 Å². The molecule has 0 aliphatic carbocycles. The number of aryl methyl sites for hydroxylation is 2. The lowest BCUT2D eigenvalue weighted by atomic mass is 10.1. The molecule has 0 spiro atoms. The van der Waals surface area contributed by atoms with Crippen LogP contribution in [0, 0.1) is 13.8 Å². The van der Waals surface area contributed by atoms with Crippen molar-refractivity contribution in [3.8, 4) is 5.69 Å². The Morgan fingerprint density at radius 1 is 1.15 bits per heavy atom. The van der Waals surface area contributed by atoms with E-state index < -0.39 is 0 Å². The third kappa shape index (κ3) is 4.78. The number of carbonyl (C=O) groups is 1. The van der Waals surface area contributed by atoms with Crippen molar-refractivity contribution in [3.05, 3.63) is 81.4 Å². The maximum atomic E-state index is 12.6. The molecule has 0 saturated heterocycles. The number of nitrogens with zero attached hydrogens (tertiary/aromatic N) is 2. The Kier molecular flexibility index (Phi) is 5.98. The summed E-state index contributed by atoms with van der Waals surface area (Å²) in [4.78, 5) is 28.9. The summed E-state index contributed by atoms with van der Waals surface area (Å²) in [6.07, 6.45) is 3.13. The van der Waals surface area contributed by atoms with Gasteiger partial charge in [-0.3, -0.25) is 14.2 Å². The Labute approximate surface area is 166 Å². The van der Waals surface area contributed by atoms with Crippen molar-refractivity contribution in [1.82, 2.24) is 9.55 Å². The molecule has 0 aliphatic rings. The van der Waals surface area contributed by atoms with E-state index in [0.29, 0.717) is 10.7 Å². The van der Waals surface area contributed by atoms with Gasteiger partial charge in [-0.15, -0.1) is 0 Å². The van der Waals surface area contributed by atoms with Crippen LogP contribution >= 0.6 is 23.4 Å². The summed E-state index contributed by atoms with van der Waals surface area (Å²) in [7, 11) is 0. The average Bonchev–Trinajstić information content (AvgIpc) is 2.65. The second kappa shape index (κ2) is 8.41. The normalized spacial score (nSPS) is 10.6. The van der Waals surface area contributed by atoms with E-state index in [0.717, 1.165) is 23.0 Å². The molecule has 7 heteroatoms. The number of thioether (sulfide) groups is 1. The first-order valence-corrected chi connectivity index (χ1v) is 9.64. The van der Waals surface area contributed by atoms with Gasteiger partial charge in [-0.25, -0.2) is 4.98 Å². The number of nitrogens with one attached hydrogen (secondary N) is 1. The minimum atomic E-state index is -0.274. The van der Waals surface area contributed by atoms with Gasteiger partial charge in [0.1, 0.15) is 0 Å². The van der Waals surface area contributed by atoms with Gasteiger partial charge in [0.25, 0.3) is 5.56 Å². The highest BCUT2D eigenvalue weighted by atomic mass is 35.5. The maximum absolute atomic E-state index is 12.6. The van der Waals surface area contributed by atoms with E-state index in [9.17, 15) is 9.59 Å². The van der Waals surface area contributed by atoms with Crippen LogP contribution in [0.4, 0.5) is 5.69 Å². The standard InChI is InChI=1S/C20H18ClN3O2S/c1-13-3-6-16(11-14(13)2)23-18(25)12-27-19-20(26)24(10-9-22-19)17-7-4-15(21)5-8-17/h3-11H,12H2,1-2H3,(H,23,25). The fraction of sp³-hybridized carbons (Fsp3) is 0.150. The van der Waals surface area contributed by atoms with Crippen LogP contribution in [0.5, 0.6) is 0 Å². The zero-order valence-electron chi connectivity index (χ0n) is 14.9. The lowest BCUT2D eigenvalue weighted by Crippen LogP contribution is -2.22. The summed E-state index contributed by atoms with van der Waals surface area (Å²) in [5.41, 5.74) is 3.43. The Morgan fingerprint density at radius 3 is 2.59 bits per heavy atom. The van der Waals surface area contributed by atoms with E-state index in [2.05, 4.69) is 10.3 Å². The van der Waals surface area contributed by atoms with Crippen LogP contribution < -0.4 is 10.9 Å². The fourth-order valence-corrected chi connectivity index (χ4v) is 3.27. The second-order valence-corrected chi connectivity index (χ2v) is 7.42. The van der Waals surface area contributed by atoms with Crippen LogP contribution in [0.15, 0.2) is 64.7 Å². The molecule has 0 atom stereocenters. The lowest BCUT2D eigenvalue weighted by Gasteiger charge is -2.09. The Balaban J connectivity index is 1.70. The first-order chi connectivity index (χ1) is 12.9. The molecule has 0 fully saturated rings. The predicted octanol–water partition coefficient (Wildman–Crippen LogP) is 4.23. The van der Waals surface area contributed by atoms with E-state index in [1.165, 1.54) is 10.1 Å². The molecule has 0 unspecified atom stereocenters. The predicted molar refractivity (Wildman–Crippen MR) is 110 cm³/mol. The number of aromatic nitrogens is 2. The molecule has 1 N–H and O–H groups in total. The third-order valence-corrected chi connectivity index (χ3v) is 5.26. The van der Waals surface area contributed by atoms with Gasteiger partial charge in [0.2, 0.25) is 5.91 Å². The molecule has 0 aliphatic heterocycles. The minimum Gasteiger partial charge on any atom is -0.325 e. The van der Waals surface area contributed by atoms with Crippen LogP contribution in [0.2, 0.25) is 5.02 Å². The molecule has 0 saturated carbocycles. The number of amides is 1. The van der Waals surface area contributed by atoms with Gasteiger partial charge in [-0.05, 0) is 61.4 Å². The highest BCUT2D eigenvalue weighted by Gasteiger charge is 2.10. The Hall–Kier alpha value is -2.57. The van der Waals surface area contributed by atoms with Gasteiger partial charge >= 0.3 is 0 Å². The average molecular weight is 400 g/mol. The van der Waals surface area contributed by atoms with E-state index in [1.807, 2.05) is 32.0 Å². The number of hydrogen-bond acceptors (Lipinski definition) is 4. The number of rotatable bonds is 5. The lowest BCUT2D eigenvalue weighted by molar-refractivity contribution is -0.113. The largest absolute Gasteiger partial charge is 0.325 e. The van der Waals surface area contributed by atoms with Crippen molar-refractivity contribution in [3.63, 3.8) is 0 Å². The summed E-state index contributed by atoms with van der Waals surface area (Å²) in [5, 5.41) is 3.70. The molecule has 1 heterocycles. The van der Waals surface area contributed by atoms with Crippen molar-refractivity contribution in [1.29, 1.82) is 0 Å². The van der Waals surface area contributed by atoms with Crippen LogP contribution in [-0.2, 0) is 4.79 Å². The van der Waals surface area contributed by atoms with Crippen molar-refractivity contribution >= 4 is 35.0 Å². The number of carbonyl (C=O) groups excluding carboxylic acids is 1. The van der Waals surface area contributed by atoms with Crippen LogP contribution in [-0.4, -0.2) is 21.2 Å². The first-order valence-electron chi connectivity index (χ1n) is 8.27. The zero-order valence-corrected chi connectivity index (χ0v) is 16.5. The smallest absolute Gasteiger partial charge is 0.287 e. The van der Waals surface area contributed by atoms with Gasteiger partial charge in [0.15, 0.2) is 5.03 Å². The van der Waals surface area contributed by atoms with Crippen molar-refractivity contribution in [2.24, 2.45) is 0 Å². The fourth-order valence-electron chi connectivity index (χ4n) is 2.45. The Morgan fingerprint density at radius 2 is 1.89 bits per heavy atom. The van der Waals surface area contributed by atoms with E-state index in [-0.39, 0.29) is 22.2 Å². The second-order valence-electron chi connectivity index (χ2n) is 6.02. The van der Waals surface area contributed by atoms with Gasteiger partial charge in [0, 0.05) is 28.8 Å². The molecule has 3 rings (SSSR count). The molecule has 1 amide bonds. The van der Waals surface area contributed by atoms with Gasteiger partial charge < -0.3 is 5.32 Å².